The van der Waals surface area contributed by atoms with Crippen molar-refractivity contribution in [3.63, 3.8) is 0 Å². The van der Waals surface area contributed by atoms with Crippen LogP contribution in [0.4, 0.5) is 0 Å². The Balaban J connectivity index is 4.27. The van der Waals surface area contributed by atoms with Crippen LogP contribution in [0.3, 0.4) is 0 Å². The molecule has 0 aliphatic carbocycles. The van der Waals surface area contributed by atoms with Crippen LogP contribution in [-0.2, 0) is 9.53 Å². The number of hydrogen-bond acceptors (Lipinski definition) is 2. The van der Waals surface area contributed by atoms with Gasteiger partial charge in [-0.25, -0.2) is 0 Å². The van der Waals surface area contributed by atoms with Crippen molar-refractivity contribution in [2.75, 3.05) is 0 Å². The lowest BCUT2D eigenvalue weighted by Gasteiger charge is -2.08. The summed E-state index contributed by atoms with van der Waals surface area (Å²) >= 11 is 11.0. The molecule has 0 spiro atoms. The quantitative estimate of drug-likeness (QED) is 0.529. The van der Waals surface area contributed by atoms with E-state index < -0.39 is 5.97 Å². The van der Waals surface area contributed by atoms with Crippen molar-refractivity contribution in [2.24, 2.45) is 5.92 Å². The molecule has 0 aromatic carbocycles. The van der Waals surface area contributed by atoms with E-state index >= 15 is 0 Å². The molecule has 0 aliphatic rings. The van der Waals surface area contributed by atoms with Crippen LogP contribution in [0, 0.1) is 5.92 Å². The Kier molecular flexibility index (Phi) is 5.34. The van der Waals surface area contributed by atoms with E-state index in [-0.39, 0.29) is 4.49 Å². The first kappa shape index (κ1) is 11.8. The van der Waals surface area contributed by atoms with Gasteiger partial charge in [0.15, 0.2) is 0 Å². The van der Waals surface area contributed by atoms with E-state index in [0.717, 1.165) is 0 Å². The number of hydrogen-bond donors (Lipinski definition) is 0. The van der Waals surface area contributed by atoms with Crippen LogP contribution >= 0.6 is 23.2 Å². The Morgan fingerprint density at radius 2 is 1.92 bits per heavy atom. The molecule has 0 fully saturated rings. The number of ether oxygens (including phenoxy) is 1. The number of rotatable bonds is 3. The van der Waals surface area contributed by atoms with Crippen molar-refractivity contribution in [2.45, 2.75) is 27.2 Å². The summed E-state index contributed by atoms with van der Waals surface area (Å²) in [5.41, 5.74) is 0. The monoisotopic (exact) mass is 210 g/mol. The third-order valence-electron chi connectivity index (χ3n) is 1.07. The van der Waals surface area contributed by atoms with Crippen molar-refractivity contribution in [3.8, 4) is 0 Å². The summed E-state index contributed by atoms with van der Waals surface area (Å²) in [5.74, 6) is 0.303. The van der Waals surface area contributed by atoms with Crippen LogP contribution < -0.4 is 0 Å². The molecule has 0 unspecified atom stereocenters. The summed E-state index contributed by atoms with van der Waals surface area (Å²) < 4.78 is 4.83. The van der Waals surface area contributed by atoms with Crippen LogP contribution in [0.25, 0.3) is 0 Å². The van der Waals surface area contributed by atoms with Crippen molar-refractivity contribution in [1.29, 1.82) is 0 Å². The Labute approximate surface area is 82.5 Å². The summed E-state index contributed by atoms with van der Waals surface area (Å²) in [5, 5.41) is 0. The van der Waals surface area contributed by atoms with Gasteiger partial charge in [0.2, 0.25) is 0 Å². The van der Waals surface area contributed by atoms with Gasteiger partial charge in [0, 0.05) is 13.3 Å². The first-order chi connectivity index (χ1) is 5.43. The lowest BCUT2D eigenvalue weighted by atomic mass is 10.1. The molecule has 0 atom stereocenters. The van der Waals surface area contributed by atoms with Crippen molar-refractivity contribution in [1.82, 2.24) is 0 Å². The maximum Gasteiger partial charge on any atom is 0.307 e. The lowest BCUT2D eigenvalue weighted by Crippen LogP contribution is -2.02. The van der Waals surface area contributed by atoms with E-state index in [0.29, 0.717) is 18.1 Å². The van der Waals surface area contributed by atoms with Gasteiger partial charge in [-0.15, -0.1) is 0 Å². The SMILES string of the molecule is CC(=O)OC(CC(C)C)=C(Cl)Cl. The predicted molar refractivity (Wildman–Crippen MR) is 50.0 cm³/mol. The number of halogens is 2. The first-order valence-corrected chi connectivity index (χ1v) is 4.41. The zero-order valence-electron chi connectivity index (χ0n) is 7.36. The van der Waals surface area contributed by atoms with Gasteiger partial charge in [-0.3, -0.25) is 4.79 Å². The average Bonchev–Trinajstić information content (AvgIpc) is 1.83. The maximum atomic E-state index is 10.6. The zero-order valence-corrected chi connectivity index (χ0v) is 8.87. The van der Waals surface area contributed by atoms with Crippen LogP contribution in [0.2, 0.25) is 0 Å². The summed E-state index contributed by atoms with van der Waals surface area (Å²) in [6.45, 7) is 5.29. The number of allylic oxidation sites excluding steroid dienone is 1. The third-order valence-corrected chi connectivity index (χ3v) is 1.49. The number of carbonyl (C=O) groups excluding carboxylic acids is 1. The Morgan fingerprint density at radius 3 is 2.17 bits per heavy atom. The Hall–Kier alpha value is -0.210. The molecule has 0 N–H and O–H groups in total. The minimum Gasteiger partial charge on any atom is -0.429 e. The Bertz CT molecular complexity index is 193. The molecule has 0 bridgehead atoms. The largest absolute Gasteiger partial charge is 0.429 e. The van der Waals surface area contributed by atoms with Gasteiger partial charge in [-0.05, 0) is 5.92 Å². The highest BCUT2D eigenvalue weighted by molar-refractivity contribution is 6.56. The minimum absolute atomic E-state index is 0.0268. The van der Waals surface area contributed by atoms with Gasteiger partial charge in [-0.1, -0.05) is 37.0 Å². The fraction of sp³-hybridized carbons (Fsp3) is 0.625. The molecule has 70 valence electrons. The summed E-state index contributed by atoms with van der Waals surface area (Å²) in [4.78, 5) is 10.6. The smallest absolute Gasteiger partial charge is 0.307 e. The van der Waals surface area contributed by atoms with Gasteiger partial charge < -0.3 is 4.74 Å². The van der Waals surface area contributed by atoms with Crippen LogP contribution in [-0.4, -0.2) is 5.97 Å². The summed E-state index contributed by atoms with van der Waals surface area (Å²) in [6, 6.07) is 0. The van der Waals surface area contributed by atoms with E-state index in [1.807, 2.05) is 13.8 Å². The second-order valence-corrected chi connectivity index (χ2v) is 3.82. The lowest BCUT2D eigenvalue weighted by molar-refractivity contribution is -0.137. The molecule has 0 aromatic rings. The second-order valence-electron chi connectivity index (χ2n) is 2.88. The van der Waals surface area contributed by atoms with Gasteiger partial charge in [0.25, 0.3) is 0 Å². The highest BCUT2D eigenvalue weighted by Gasteiger charge is 2.09. The molecule has 4 heteroatoms. The van der Waals surface area contributed by atoms with E-state index in [1.54, 1.807) is 0 Å². The first-order valence-electron chi connectivity index (χ1n) is 3.66. The number of carbonyl (C=O) groups is 1. The zero-order chi connectivity index (χ0) is 9.72. The molecule has 0 amide bonds. The summed E-state index contributed by atoms with van der Waals surface area (Å²) in [6.07, 6.45) is 0.571. The highest BCUT2D eigenvalue weighted by Crippen LogP contribution is 2.22. The van der Waals surface area contributed by atoms with Crippen LogP contribution in [0.15, 0.2) is 10.3 Å². The molecule has 2 nitrogen and oxygen atoms in total. The molecule has 0 rings (SSSR count). The van der Waals surface area contributed by atoms with E-state index in [4.69, 9.17) is 27.9 Å². The van der Waals surface area contributed by atoms with Crippen LogP contribution in [0.1, 0.15) is 27.2 Å². The standard InChI is InChI=1S/C8H12Cl2O2/c1-5(2)4-7(8(9)10)12-6(3)11/h5H,4H2,1-3H3. The Morgan fingerprint density at radius 1 is 1.42 bits per heavy atom. The fourth-order valence-electron chi connectivity index (χ4n) is 0.702. The predicted octanol–water partition coefficient (Wildman–Crippen LogP) is 3.24. The van der Waals surface area contributed by atoms with Gasteiger partial charge in [-0.2, -0.15) is 0 Å². The summed E-state index contributed by atoms with van der Waals surface area (Å²) in [7, 11) is 0. The minimum atomic E-state index is -0.399. The highest BCUT2D eigenvalue weighted by atomic mass is 35.5. The van der Waals surface area contributed by atoms with Crippen LogP contribution in [0.5, 0.6) is 0 Å². The maximum absolute atomic E-state index is 10.6. The van der Waals surface area contributed by atoms with E-state index in [2.05, 4.69) is 0 Å². The topological polar surface area (TPSA) is 26.3 Å². The van der Waals surface area contributed by atoms with E-state index in [9.17, 15) is 4.79 Å². The number of esters is 1. The normalized spacial score (nSPS) is 9.83. The molecule has 0 saturated heterocycles. The molecular formula is C8H12Cl2O2. The molecule has 0 radical (unpaired) electrons. The molecule has 12 heavy (non-hydrogen) atoms. The van der Waals surface area contributed by atoms with Crippen molar-refractivity contribution < 1.29 is 9.53 Å². The molecule has 0 saturated carbocycles. The fourth-order valence-corrected chi connectivity index (χ4v) is 0.933. The molecular weight excluding hydrogens is 199 g/mol. The van der Waals surface area contributed by atoms with Gasteiger partial charge >= 0.3 is 5.97 Å². The molecule has 0 aromatic heterocycles. The van der Waals surface area contributed by atoms with Crippen molar-refractivity contribution in [3.05, 3.63) is 10.3 Å². The van der Waals surface area contributed by atoms with E-state index in [1.165, 1.54) is 6.92 Å². The van der Waals surface area contributed by atoms with Crippen molar-refractivity contribution >= 4 is 29.2 Å². The average molecular weight is 211 g/mol. The molecule has 0 heterocycles. The third kappa shape index (κ3) is 5.44. The van der Waals surface area contributed by atoms with Gasteiger partial charge in [0.1, 0.15) is 10.3 Å². The van der Waals surface area contributed by atoms with Gasteiger partial charge in [0.05, 0.1) is 0 Å². The second kappa shape index (κ2) is 5.44. The molecule has 0 aliphatic heterocycles.